The standard InChI is InChI=1S/C12H26N2O/c1-4-13-11(10-15)6-9-14-8-5-7-12(14,2)3/h11,13,15H,4-10H2,1-3H3. The van der Waals surface area contributed by atoms with Gasteiger partial charge in [-0.3, -0.25) is 4.90 Å². The molecule has 0 aromatic carbocycles. The molecule has 1 atom stereocenters. The minimum Gasteiger partial charge on any atom is -0.395 e. The van der Waals surface area contributed by atoms with Crippen molar-refractivity contribution in [1.29, 1.82) is 0 Å². The molecule has 0 spiro atoms. The van der Waals surface area contributed by atoms with Crippen LogP contribution in [-0.4, -0.2) is 47.8 Å². The number of aliphatic hydroxyl groups excluding tert-OH is 1. The molecule has 0 saturated carbocycles. The largest absolute Gasteiger partial charge is 0.395 e. The molecule has 0 radical (unpaired) electrons. The number of aliphatic hydroxyl groups is 1. The molecule has 15 heavy (non-hydrogen) atoms. The fourth-order valence-corrected chi connectivity index (χ4v) is 2.44. The molecule has 1 saturated heterocycles. The van der Waals surface area contributed by atoms with E-state index >= 15 is 0 Å². The second-order valence-electron chi connectivity index (χ2n) is 5.13. The van der Waals surface area contributed by atoms with Gasteiger partial charge in [0.1, 0.15) is 0 Å². The lowest BCUT2D eigenvalue weighted by molar-refractivity contribution is 0.153. The van der Waals surface area contributed by atoms with Gasteiger partial charge in [-0.2, -0.15) is 0 Å². The first kappa shape index (κ1) is 12.9. The molecule has 0 aromatic heterocycles. The van der Waals surface area contributed by atoms with E-state index in [1.807, 2.05) is 0 Å². The van der Waals surface area contributed by atoms with Gasteiger partial charge in [0.15, 0.2) is 0 Å². The lowest BCUT2D eigenvalue weighted by Crippen LogP contribution is -2.42. The highest BCUT2D eigenvalue weighted by atomic mass is 16.3. The third kappa shape index (κ3) is 3.74. The fraction of sp³-hybridized carbons (Fsp3) is 1.00. The lowest BCUT2D eigenvalue weighted by Gasteiger charge is -2.32. The highest BCUT2D eigenvalue weighted by Crippen LogP contribution is 2.28. The average molecular weight is 214 g/mol. The fourth-order valence-electron chi connectivity index (χ4n) is 2.44. The highest BCUT2D eigenvalue weighted by molar-refractivity contribution is 4.88. The van der Waals surface area contributed by atoms with Gasteiger partial charge in [0, 0.05) is 18.1 Å². The SMILES string of the molecule is CCNC(CO)CCN1CCCC1(C)C. The number of rotatable bonds is 6. The van der Waals surface area contributed by atoms with Crippen LogP contribution in [0.15, 0.2) is 0 Å². The van der Waals surface area contributed by atoms with Crippen molar-refractivity contribution < 1.29 is 5.11 Å². The number of nitrogens with zero attached hydrogens (tertiary/aromatic N) is 1. The molecule has 1 aliphatic rings. The summed E-state index contributed by atoms with van der Waals surface area (Å²) in [7, 11) is 0. The zero-order chi connectivity index (χ0) is 11.3. The zero-order valence-electron chi connectivity index (χ0n) is 10.4. The van der Waals surface area contributed by atoms with Crippen LogP contribution in [0.1, 0.15) is 40.0 Å². The van der Waals surface area contributed by atoms with E-state index in [1.54, 1.807) is 0 Å². The van der Waals surface area contributed by atoms with E-state index in [0.29, 0.717) is 5.54 Å². The molecule has 3 nitrogen and oxygen atoms in total. The van der Waals surface area contributed by atoms with Gasteiger partial charge >= 0.3 is 0 Å². The van der Waals surface area contributed by atoms with Crippen LogP contribution in [-0.2, 0) is 0 Å². The Balaban J connectivity index is 2.29. The van der Waals surface area contributed by atoms with Crippen molar-refractivity contribution in [2.75, 3.05) is 26.2 Å². The van der Waals surface area contributed by atoms with Crippen molar-refractivity contribution in [2.24, 2.45) is 0 Å². The third-order valence-corrected chi connectivity index (χ3v) is 3.53. The summed E-state index contributed by atoms with van der Waals surface area (Å²) in [6.45, 7) is 10.2. The molecule has 0 bridgehead atoms. The number of hydrogen-bond donors (Lipinski definition) is 2. The van der Waals surface area contributed by atoms with Gasteiger partial charge in [-0.05, 0) is 46.2 Å². The Kier molecular flexibility index (Phi) is 5.03. The normalized spacial score (nSPS) is 23.2. The molecule has 0 aliphatic carbocycles. The predicted octanol–water partition coefficient (Wildman–Crippen LogP) is 1.22. The summed E-state index contributed by atoms with van der Waals surface area (Å²) < 4.78 is 0. The molecule has 1 unspecified atom stereocenters. The number of hydrogen-bond acceptors (Lipinski definition) is 3. The number of likely N-dealkylation sites (tertiary alicyclic amines) is 1. The monoisotopic (exact) mass is 214 g/mol. The first-order valence-electron chi connectivity index (χ1n) is 6.19. The maximum Gasteiger partial charge on any atom is 0.0585 e. The molecule has 1 heterocycles. The predicted molar refractivity (Wildman–Crippen MR) is 64.1 cm³/mol. The molecule has 1 fully saturated rings. The molecular weight excluding hydrogens is 188 g/mol. The Morgan fingerprint density at radius 1 is 1.47 bits per heavy atom. The Morgan fingerprint density at radius 3 is 2.67 bits per heavy atom. The summed E-state index contributed by atoms with van der Waals surface area (Å²) in [5, 5.41) is 12.5. The van der Waals surface area contributed by atoms with Gasteiger partial charge in [-0.1, -0.05) is 6.92 Å². The Labute approximate surface area is 93.9 Å². The number of likely N-dealkylation sites (N-methyl/N-ethyl adjacent to an activating group) is 1. The minimum atomic E-state index is 0.252. The van der Waals surface area contributed by atoms with Crippen LogP contribution in [0.25, 0.3) is 0 Å². The first-order chi connectivity index (χ1) is 7.10. The van der Waals surface area contributed by atoms with Crippen LogP contribution in [0, 0.1) is 0 Å². The molecule has 2 N–H and O–H groups in total. The Morgan fingerprint density at radius 2 is 2.20 bits per heavy atom. The van der Waals surface area contributed by atoms with Gasteiger partial charge in [-0.25, -0.2) is 0 Å². The summed E-state index contributed by atoms with van der Waals surface area (Å²) in [5.41, 5.74) is 0.367. The molecule has 1 aliphatic heterocycles. The second-order valence-corrected chi connectivity index (χ2v) is 5.13. The highest BCUT2D eigenvalue weighted by Gasteiger charge is 2.31. The van der Waals surface area contributed by atoms with Crippen LogP contribution >= 0.6 is 0 Å². The van der Waals surface area contributed by atoms with E-state index in [9.17, 15) is 5.11 Å². The van der Waals surface area contributed by atoms with Crippen molar-refractivity contribution in [1.82, 2.24) is 10.2 Å². The summed E-state index contributed by atoms with van der Waals surface area (Å²) in [6.07, 6.45) is 3.67. The summed E-state index contributed by atoms with van der Waals surface area (Å²) in [5.74, 6) is 0. The van der Waals surface area contributed by atoms with Gasteiger partial charge in [0.2, 0.25) is 0 Å². The molecule has 90 valence electrons. The maximum atomic E-state index is 9.18. The van der Waals surface area contributed by atoms with Crippen molar-refractivity contribution >= 4 is 0 Å². The van der Waals surface area contributed by atoms with E-state index in [2.05, 4.69) is 31.0 Å². The lowest BCUT2D eigenvalue weighted by atomic mass is 10.0. The van der Waals surface area contributed by atoms with E-state index in [1.165, 1.54) is 19.4 Å². The average Bonchev–Trinajstić information content (AvgIpc) is 2.52. The van der Waals surface area contributed by atoms with Crippen molar-refractivity contribution in [3.63, 3.8) is 0 Å². The van der Waals surface area contributed by atoms with Gasteiger partial charge in [0.25, 0.3) is 0 Å². The van der Waals surface area contributed by atoms with E-state index in [0.717, 1.165) is 19.5 Å². The van der Waals surface area contributed by atoms with Crippen molar-refractivity contribution in [3.8, 4) is 0 Å². The Hall–Kier alpha value is -0.120. The smallest absolute Gasteiger partial charge is 0.0585 e. The van der Waals surface area contributed by atoms with E-state index < -0.39 is 0 Å². The van der Waals surface area contributed by atoms with Gasteiger partial charge in [-0.15, -0.1) is 0 Å². The summed E-state index contributed by atoms with van der Waals surface area (Å²) >= 11 is 0. The number of nitrogens with one attached hydrogen (secondary N) is 1. The quantitative estimate of drug-likeness (QED) is 0.698. The van der Waals surface area contributed by atoms with E-state index in [4.69, 9.17) is 0 Å². The Bertz CT molecular complexity index is 182. The summed E-state index contributed by atoms with van der Waals surface area (Å²) in [6, 6.07) is 0.270. The van der Waals surface area contributed by atoms with Crippen LogP contribution in [0.5, 0.6) is 0 Å². The molecule has 3 heteroatoms. The zero-order valence-corrected chi connectivity index (χ0v) is 10.4. The van der Waals surface area contributed by atoms with Crippen LogP contribution in [0.4, 0.5) is 0 Å². The van der Waals surface area contributed by atoms with Crippen LogP contribution < -0.4 is 5.32 Å². The third-order valence-electron chi connectivity index (χ3n) is 3.53. The van der Waals surface area contributed by atoms with Crippen LogP contribution in [0.3, 0.4) is 0 Å². The van der Waals surface area contributed by atoms with Gasteiger partial charge < -0.3 is 10.4 Å². The van der Waals surface area contributed by atoms with Gasteiger partial charge in [0.05, 0.1) is 6.61 Å². The molecular formula is C12H26N2O. The first-order valence-corrected chi connectivity index (χ1v) is 6.19. The second kappa shape index (κ2) is 5.83. The van der Waals surface area contributed by atoms with Crippen molar-refractivity contribution in [2.45, 2.75) is 51.6 Å². The summed E-state index contributed by atoms with van der Waals surface area (Å²) in [4.78, 5) is 2.55. The maximum absolute atomic E-state index is 9.18. The van der Waals surface area contributed by atoms with Crippen molar-refractivity contribution in [3.05, 3.63) is 0 Å². The molecule has 0 aromatic rings. The van der Waals surface area contributed by atoms with E-state index in [-0.39, 0.29) is 12.6 Å². The topological polar surface area (TPSA) is 35.5 Å². The molecule has 0 amide bonds. The minimum absolute atomic E-state index is 0.252. The van der Waals surface area contributed by atoms with Crippen LogP contribution in [0.2, 0.25) is 0 Å². The molecule has 1 rings (SSSR count).